The highest BCUT2D eigenvalue weighted by atomic mass is 32.1. The molecule has 0 radical (unpaired) electrons. The minimum atomic E-state index is 0.188. The number of benzene rings is 1. The molecule has 1 unspecified atom stereocenters. The summed E-state index contributed by atoms with van der Waals surface area (Å²) in [6, 6.07) is 8.77. The average molecular weight is 275 g/mol. The van der Waals surface area contributed by atoms with Crippen molar-refractivity contribution in [2.75, 3.05) is 14.2 Å². The minimum Gasteiger partial charge on any atom is -0.496 e. The van der Waals surface area contributed by atoms with Crippen LogP contribution in [0.5, 0.6) is 5.75 Å². The fourth-order valence-corrected chi connectivity index (χ4v) is 3.62. The van der Waals surface area contributed by atoms with Crippen molar-refractivity contribution in [1.29, 1.82) is 0 Å². The van der Waals surface area contributed by atoms with Gasteiger partial charge in [-0.3, -0.25) is 0 Å². The zero-order valence-electron chi connectivity index (χ0n) is 12.2. The van der Waals surface area contributed by atoms with Crippen LogP contribution in [0.15, 0.2) is 24.3 Å². The highest BCUT2D eigenvalue weighted by Crippen LogP contribution is 2.36. The molecule has 1 heterocycles. The van der Waals surface area contributed by atoms with E-state index in [0.29, 0.717) is 0 Å². The molecule has 102 valence electrons. The number of hydrogen-bond acceptors (Lipinski definition) is 3. The predicted octanol–water partition coefficient (Wildman–Crippen LogP) is 3.99. The smallest absolute Gasteiger partial charge is 0.124 e. The monoisotopic (exact) mass is 275 g/mol. The maximum Gasteiger partial charge on any atom is 0.124 e. The molecule has 0 saturated heterocycles. The van der Waals surface area contributed by atoms with E-state index >= 15 is 0 Å². The lowest BCUT2D eigenvalue weighted by Crippen LogP contribution is -2.18. The van der Waals surface area contributed by atoms with Crippen molar-refractivity contribution < 1.29 is 4.74 Å². The summed E-state index contributed by atoms with van der Waals surface area (Å²) in [7, 11) is 3.73. The van der Waals surface area contributed by atoms with Crippen molar-refractivity contribution >= 4 is 11.3 Å². The summed E-state index contributed by atoms with van der Waals surface area (Å²) in [5.41, 5.74) is 3.79. The highest BCUT2D eigenvalue weighted by molar-refractivity contribution is 7.12. The van der Waals surface area contributed by atoms with Gasteiger partial charge in [0.05, 0.1) is 13.2 Å². The number of aryl methyl sites for hydroxylation is 3. The van der Waals surface area contributed by atoms with Gasteiger partial charge in [0.15, 0.2) is 0 Å². The molecule has 1 atom stereocenters. The fraction of sp³-hybridized carbons (Fsp3) is 0.375. The van der Waals surface area contributed by atoms with Crippen LogP contribution in [0, 0.1) is 20.8 Å². The number of rotatable bonds is 4. The Balaban J connectivity index is 2.53. The first-order valence-electron chi connectivity index (χ1n) is 6.45. The fourth-order valence-electron chi connectivity index (χ4n) is 2.45. The molecule has 0 fully saturated rings. The van der Waals surface area contributed by atoms with Gasteiger partial charge in [0.25, 0.3) is 0 Å². The Morgan fingerprint density at radius 1 is 1.16 bits per heavy atom. The SMILES string of the molecule is CNC(c1cc(C)ccc1OC)c1sc(C)cc1C. The van der Waals surface area contributed by atoms with Gasteiger partial charge >= 0.3 is 0 Å². The molecule has 2 nitrogen and oxygen atoms in total. The van der Waals surface area contributed by atoms with Gasteiger partial charge < -0.3 is 10.1 Å². The Morgan fingerprint density at radius 3 is 2.42 bits per heavy atom. The molecule has 0 aliphatic rings. The first-order chi connectivity index (χ1) is 9.06. The topological polar surface area (TPSA) is 21.3 Å². The number of nitrogens with one attached hydrogen (secondary N) is 1. The first-order valence-corrected chi connectivity index (χ1v) is 7.27. The lowest BCUT2D eigenvalue weighted by molar-refractivity contribution is 0.405. The van der Waals surface area contributed by atoms with Gasteiger partial charge in [-0.1, -0.05) is 17.7 Å². The molecule has 1 aromatic heterocycles. The van der Waals surface area contributed by atoms with Crippen molar-refractivity contribution in [3.63, 3.8) is 0 Å². The summed E-state index contributed by atoms with van der Waals surface area (Å²) in [6.45, 7) is 6.44. The van der Waals surface area contributed by atoms with Gasteiger partial charge in [0.2, 0.25) is 0 Å². The molecule has 0 saturated carbocycles. The highest BCUT2D eigenvalue weighted by Gasteiger charge is 2.20. The van der Waals surface area contributed by atoms with Crippen LogP contribution >= 0.6 is 11.3 Å². The van der Waals surface area contributed by atoms with Crippen molar-refractivity contribution in [1.82, 2.24) is 5.32 Å². The van der Waals surface area contributed by atoms with Crippen LogP contribution in [-0.2, 0) is 0 Å². The van der Waals surface area contributed by atoms with Gasteiger partial charge in [-0.2, -0.15) is 0 Å². The molecule has 2 rings (SSSR count). The summed E-state index contributed by atoms with van der Waals surface area (Å²) >= 11 is 1.85. The molecular formula is C16H21NOS. The Morgan fingerprint density at radius 2 is 1.89 bits per heavy atom. The van der Waals surface area contributed by atoms with Gasteiger partial charge in [-0.05, 0) is 45.5 Å². The third kappa shape index (κ3) is 2.82. The van der Waals surface area contributed by atoms with Gasteiger partial charge in [-0.15, -0.1) is 11.3 Å². The Hall–Kier alpha value is -1.32. The van der Waals surface area contributed by atoms with Crippen molar-refractivity contribution in [3.05, 3.63) is 50.7 Å². The number of methoxy groups -OCH3 is 1. The summed E-state index contributed by atoms with van der Waals surface area (Å²) < 4.78 is 5.52. The van der Waals surface area contributed by atoms with Crippen LogP contribution in [0.4, 0.5) is 0 Å². The van der Waals surface area contributed by atoms with Crippen LogP contribution in [0.25, 0.3) is 0 Å². The molecule has 3 heteroatoms. The molecule has 0 aliphatic heterocycles. The molecule has 2 aromatic rings. The summed E-state index contributed by atoms with van der Waals surface area (Å²) in [5, 5.41) is 3.42. The molecular weight excluding hydrogens is 254 g/mol. The normalized spacial score (nSPS) is 12.5. The Bertz CT molecular complexity index is 574. The summed E-state index contributed by atoms with van der Waals surface area (Å²) in [6.07, 6.45) is 0. The molecule has 0 amide bonds. The van der Waals surface area contributed by atoms with E-state index < -0.39 is 0 Å². The lowest BCUT2D eigenvalue weighted by atomic mass is 10.00. The van der Waals surface area contributed by atoms with Crippen LogP contribution in [0.3, 0.4) is 0 Å². The Kier molecular flexibility index (Phi) is 4.27. The standard InChI is InChI=1S/C16H21NOS/c1-10-6-7-14(18-5)13(8-10)15(17-4)16-11(2)9-12(3)19-16/h6-9,15,17H,1-5H3. The van der Waals surface area contributed by atoms with Crippen molar-refractivity contribution in [3.8, 4) is 5.75 Å². The van der Waals surface area contributed by atoms with Gasteiger partial charge in [0.1, 0.15) is 5.75 Å². The van der Waals surface area contributed by atoms with E-state index in [1.54, 1.807) is 7.11 Å². The van der Waals surface area contributed by atoms with Crippen LogP contribution in [0.2, 0.25) is 0 Å². The van der Waals surface area contributed by atoms with E-state index in [-0.39, 0.29) is 6.04 Å². The third-order valence-electron chi connectivity index (χ3n) is 3.33. The number of ether oxygens (including phenoxy) is 1. The van der Waals surface area contributed by atoms with Crippen LogP contribution in [-0.4, -0.2) is 14.2 Å². The average Bonchev–Trinajstić information content (AvgIpc) is 2.70. The predicted molar refractivity (Wildman–Crippen MR) is 82.4 cm³/mol. The van der Waals surface area contributed by atoms with Crippen molar-refractivity contribution in [2.24, 2.45) is 0 Å². The van der Waals surface area contributed by atoms with Crippen LogP contribution in [0.1, 0.15) is 32.5 Å². The van der Waals surface area contributed by atoms with E-state index in [1.165, 1.54) is 26.4 Å². The van der Waals surface area contributed by atoms with E-state index in [9.17, 15) is 0 Å². The number of hydrogen-bond donors (Lipinski definition) is 1. The summed E-state index contributed by atoms with van der Waals surface area (Å²) in [5.74, 6) is 0.940. The maximum absolute atomic E-state index is 5.52. The zero-order chi connectivity index (χ0) is 14.0. The van der Waals surface area contributed by atoms with Gasteiger partial charge in [-0.25, -0.2) is 0 Å². The molecule has 1 N–H and O–H groups in total. The van der Waals surface area contributed by atoms with Crippen molar-refractivity contribution in [2.45, 2.75) is 26.8 Å². The quantitative estimate of drug-likeness (QED) is 0.911. The molecule has 19 heavy (non-hydrogen) atoms. The van der Waals surface area contributed by atoms with E-state index in [4.69, 9.17) is 4.74 Å². The largest absolute Gasteiger partial charge is 0.496 e. The maximum atomic E-state index is 5.52. The summed E-state index contributed by atoms with van der Waals surface area (Å²) in [4.78, 5) is 2.71. The van der Waals surface area contributed by atoms with E-state index in [1.807, 2.05) is 24.5 Å². The number of thiophene rings is 1. The lowest BCUT2D eigenvalue weighted by Gasteiger charge is -2.20. The molecule has 1 aromatic carbocycles. The first kappa shape index (κ1) is 14.1. The third-order valence-corrected chi connectivity index (χ3v) is 4.54. The Labute approximate surface area is 119 Å². The zero-order valence-corrected chi connectivity index (χ0v) is 13.0. The van der Waals surface area contributed by atoms with E-state index in [2.05, 4.69) is 44.3 Å². The molecule has 0 aliphatic carbocycles. The second kappa shape index (κ2) is 5.76. The van der Waals surface area contributed by atoms with E-state index in [0.717, 1.165) is 5.75 Å². The molecule has 0 spiro atoms. The van der Waals surface area contributed by atoms with Crippen LogP contribution < -0.4 is 10.1 Å². The second-order valence-corrected chi connectivity index (χ2v) is 6.16. The second-order valence-electron chi connectivity index (χ2n) is 4.87. The minimum absolute atomic E-state index is 0.188. The van der Waals surface area contributed by atoms with Gasteiger partial charge in [0, 0.05) is 15.3 Å². The molecule has 0 bridgehead atoms.